The maximum atomic E-state index is 11.2. The van der Waals surface area contributed by atoms with Crippen molar-refractivity contribution < 1.29 is 64.0 Å². The second-order valence-electron chi connectivity index (χ2n) is 6.74. The molecule has 1 atom stereocenters. The summed E-state index contributed by atoms with van der Waals surface area (Å²) in [6.07, 6.45) is -2.41. The Labute approximate surface area is 204 Å². The maximum Gasteiger partial charge on any atom is 0.565 e. The van der Waals surface area contributed by atoms with Crippen molar-refractivity contribution in [2.24, 2.45) is 0 Å². The van der Waals surface area contributed by atoms with Crippen molar-refractivity contribution in [2.75, 3.05) is 7.11 Å². The third kappa shape index (κ3) is 6.34. The minimum Gasteiger partial charge on any atom is -0.493 e. The first kappa shape index (κ1) is 28.2. The van der Waals surface area contributed by atoms with Crippen LogP contribution in [0.1, 0.15) is 5.56 Å². The van der Waals surface area contributed by atoms with Gasteiger partial charge in [-0.15, -0.1) is 8.42 Å². The molecule has 194 valence electrons. The van der Waals surface area contributed by atoms with Gasteiger partial charge in [0.2, 0.25) is 5.03 Å². The number of hydrogen-bond donors (Lipinski definition) is 5. The number of amides is 2. The molecule has 0 fully saturated rings. The number of carboxylic acid groups (broad SMARTS) is 2. The molecule has 0 bridgehead atoms. The van der Waals surface area contributed by atoms with Gasteiger partial charge in [0.25, 0.3) is 0 Å². The van der Waals surface area contributed by atoms with Crippen LogP contribution in [-0.2, 0) is 36.4 Å². The van der Waals surface area contributed by atoms with Crippen molar-refractivity contribution in [1.29, 1.82) is 0 Å². The molecule has 3 rings (SSSR count). The number of carbonyl (C=O) groups is 3. The lowest BCUT2D eigenvalue weighted by Gasteiger charge is -2.19. The summed E-state index contributed by atoms with van der Waals surface area (Å²) in [4.78, 5) is 32.5. The minimum absolute atomic E-state index is 0.0250. The Bertz CT molecular complexity index is 1420. The SMILES string of the molecule is COc1cc(CC(=O)O)ccc1Oc1ccccc1.O=C(O)[N+]1(S(=O)(=O)O)NC(S(=O)(=O)O)=CC1=O. The van der Waals surface area contributed by atoms with Gasteiger partial charge >= 0.3 is 38.4 Å². The van der Waals surface area contributed by atoms with Gasteiger partial charge in [-0.25, -0.2) is 9.35 Å². The van der Waals surface area contributed by atoms with Crippen molar-refractivity contribution in [1.82, 2.24) is 5.43 Å². The van der Waals surface area contributed by atoms with Gasteiger partial charge < -0.3 is 19.7 Å². The quantitative estimate of drug-likeness (QED) is 0.242. The van der Waals surface area contributed by atoms with Crippen LogP contribution in [0.3, 0.4) is 0 Å². The van der Waals surface area contributed by atoms with Gasteiger partial charge in [-0.1, -0.05) is 24.3 Å². The predicted octanol–water partition coefficient (Wildman–Crippen LogP) is 1.17. The van der Waals surface area contributed by atoms with Gasteiger partial charge in [-0.3, -0.25) is 9.35 Å². The number of benzene rings is 2. The van der Waals surface area contributed by atoms with Crippen LogP contribution in [0.2, 0.25) is 0 Å². The Morgan fingerprint density at radius 3 is 2.00 bits per heavy atom. The molecule has 0 saturated heterocycles. The molecule has 17 heteroatoms. The van der Waals surface area contributed by atoms with Crippen molar-refractivity contribution in [3.8, 4) is 17.2 Å². The molecular weight excluding hydrogens is 528 g/mol. The number of imide groups is 1. The highest BCUT2D eigenvalue weighted by Gasteiger charge is 2.63. The number of aliphatic carboxylic acids is 1. The molecule has 0 radical (unpaired) electrons. The van der Waals surface area contributed by atoms with Crippen LogP contribution in [0, 0.1) is 0 Å². The molecule has 2 aromatic carbocycles. The predicted molar refractivity (Wildman–Crippen MR) is 118 cm³/mol. The van der Waals surface area contributed by atoms with Gasteiger partial charge in [0.15, 0.2) is 11.5 Å². The minimum atomic E-state index is -5.56. The standard InChI is InChI=1S/C15H14O4.C4H4N2O9S2/c1-18-14-9-11(10-15(16)17)7-8-13(14)19-12-5-3-2-4-6-12;7-3-1-2(16(10,11)12)5-6(3,4(8)9)17(13,14)15/h2-9H,10H2,1H3,(H,16,17);1H,(H3-,5,7,8,9,10,11,12,13,14,15)/p+1. The first-order valence-electron chi connectivity index (χ1n) is 9.35. The Kier molecular flexibility index (Phi) is 8.39. The topological polar surface area (TPSA) is 231 Å². The number of quaternary nitrogens is 1. The van der Waals surface area contributed by atoms with E-state index in [9.17, 15) is 31.2 Å². The number of nitrogens with zero attached hydrogens (tertiary/aromatic N) is 1. The lowest BCUT2D eigenvalue weighted by molar-refractivity contribution is -0.693. The van der Waals surface area contributed by atoms with Crippen molar-refractivity contribution >= 4 is 38.4 Å². The molecule has 1 aliphatic rings. The number of carbonyl (C=O) groups excluding carboxylic acids is 1. The number of hydrogen-bond acceptors (Lipinski definition) is 10. The molecule has 0 aromatic heterocycles. The van der Waals surface area contributed by atoms with E-state index in [0.29, 0.717) is 22.8 Å². The molecule has 1 unspecified atom stereocenters. The van der Waals surface area contributed by atoms with E-state index in [2.05, 4.69) is 0 Å². The molecule has 0 aliphatic carbocycles. The number of ether oxygens (including phenoxy) is 2. The second-order valence-corrected chi connectivity index (χ2v) is 9.58. The van der Waals surface area contributed by atoms with Crippen LogP contribution in [-0.4, -0.2) is 65.2 Å². The van der Waals surface area contributed by atoms with Crippen LogP contribution in [0.25, 0.3) is 0 Å². The van der Waals surface area contributed by atoms with E-state index in [0.717, 1.165) is 0 Å². The Morgan fingerprint density at radius 1 is 0.972 bits per heavy atom. The Morgan fingerprint density at radius 2 is 1.58 bits per heavy atom. The van der Waals surface area contributed by atoms with Crippen LogP contribution in [0.15, 0.2) is 59.6 Å². The molecule has 2 amide bonds. The summed E-state index contributed by atoms with van der Waals surface area (Å²) in [6.45, 7) is 0. The zero-order chi connectivity index (χ0) is 27.3. The number of nitrogens with one attached hydrogen (secondary N) is 1. The third-order valence-corrected chi connectivity index (χ3v) is 6.16. The fraction of sp³-hybridized carbons (Fsp3) is 0.105. The zero-order valence-electron chi connectivity index (χ0n) is 18.1. The summed E-state index contributed by atoms with van der Waals surface area (Å²) in [5, 5.41) is 16.0. The van der Waals surface area contributed by atoms with E-state index in [1.54, 1.807) is 18.2 Å². The summed E-state index contributed by atoms with van der Waals surface area (Å²) in [6, 6.07) is 14.4. The smallest absolute Gasteiger partial charge is 0.493 e. The molecule has 1 heterocycles. The highest BCUT2D eigenvalue weighted by molar-refractivity contribution is 7.89. The van der Waals surface area contributed by atoms with Gasteiger partial charge in [0.1, 0.15) is 5.75 Å². The van der Waals surface area contributed by atoms with Crippen LogP contribution in [0.4, 0.5) is 4.79 Å². The van der Waals surface area contributed by atoms with E-state index >= 15 is 0 Å². The average molecular weight is 547 g/mol. The molecule has 36 heavy (non-hydrogen) atoms. The van der Waals surface area contributed by atoms with Crippen molar-refractivity contribution in [3.05, 3.63) is 65.2 Å². The number of carboxylic acids is 1. The molecule has 0 saturated carbocycles. The highest BCUT2D eigenvalue weighted by Crippen LogP contribution is 2.32. The lowest BCUT2D eigenvalue weighted by atomic mass is 10.1. The Balaban J connectivity index is 0.000000255. The average Bonchev–Trinajstić information content (AvgIpc) is 3.15. The largest absolute Gasteiger partial charge is 0.565 e. The van der Waals surface area contributed by atoms with Crippen LogP contribution >= 0.6 is 0 Å². The summed E-state index contributed by atoms with van der Waals surface area (Å²) < 4.78 is 68.2. The molecule has 5 N–H and O–H groups in total. The zero-order valence-corrected chi connectivity index (χ0v) is 19.8. The van der Waals surface area contributed by atoms with E-state index in [4.69, 9.17) is 28.8 Å². The van der Waals surface area contributed by atoms with E-state index < -0.39 is 47.4 Å². The van der Waals surface area contributed by atoms with E-state index in [-0.39, 0.29) is 12.5 Å². The maximum absolute atomic E-state index is 11.2. The summed E-state index contributed by atoms with van der Waals surface area (Å²) in [5.74, 6) is -0.913. The first-order valence-corrected chi connectivity index (χ1v) is 12.2. The van der Waals surface area contributed by atoms with Crippen molar-refractivity contribution in [3.63, 3.8) is 0 Å². The number of para-hydroxylation sites is 1. The number of rotatable bonds is 7. The summed E-state index contributed by atoms with van der Waals surface area (Å²) in [5.41, 5.74) is 1.88. The van der Waals surface area contributed by atoms with Gasteiger partial charge in [0, 0.05) is 0 Å². The number of methoxy groups -OCH3 is 1. The third-order valence-electron chi connectivity index (χ3n) is 4.28. The normalized spacial score (nSPS) is 17.2. The first-order chi connectivity index (χ1) is 16.6. The molecular formula is C19H19N2O13S2+. The molecule has 0 spiro atoms. The highest BCUT2D eigenvalue weighted by atomic mass is 32.2. The van der Waals surface area contributed by atoms with E-state index in [1.807, 2.05) is 30.3 Å². The lowest BCUT2D eigenvalue weighted by Crippen LogP contribution is -2.64. The second kappa shape index (κ2) is 10.7. The fourth-order valence-corrected chi connectivity index (χ4v) is 3.94. The molecule has 2 aromatic rings. The molecule has 15 nitrogen and oxygen atoms in total. The van der Waals surface area contributed by atoms with Gasteiger partial charge in [-0.05, 0) is 29.8 Å². The van der Waals surface area contributed by atoms with Crippen LogP contribution < -0.4 is 14.9 Å². The van der Waals surface area contributed by atoms with Crippen LogP contribution in [0.5, 0.6) is 17.2 Å². The van der Waals surface area contributed by atoms with Gasteiger partial charge in [0.05, 0.1) is 23.6 Å². The summed E-state index contributed by atoms with van der Waals surface area (Å²) in [7, 11) is -9.06. The molecule has 1 aliphatic heterocycles. The fourth-order valence-electron chi connectivity index (χ4n) is 2.69. The monoisotopic (exact) mass is 547 g/mol. The van der Waals surface area contributed by atoms with Crippen molar-refractivity contribution in [2.45, 2.75) is 6.42 Å². The van der Waals surface area contributed by atoms with E-state index in [1.165, 1.54) is 12.5 Å². The summed E-state index contributed by atoms with van der Waals surface area (Å²) >= 11 is 0. The van der Waals surface area contributed by atoms with Gasteiger partial charge in [-0.2, -0.15) is 18.6 Å². The Hall–Kier alpha value is -4.03.